The van der Waals surface area contributed by atoms with Gasteiger partial charge in [-0.05, 0) is 55.7 Å². The van der Waals surface area contributed by atoms with Gasteiger partial charge in [-0.2, -0.15) is 0 Å². The Balaban J connectivity index is 1.84. The Hall–Kier alpha value is -3.87. The molecule has 0 aliphatic carbocycles. The number of unbranched alkanes of at least 4 members (excludes halogenated alkanes) is 5. The Bertz CT molecular complexity index is 1250. The van der Waals surface area contributed by atoms with Crippen LogP contribution in [0.2, 0.25) is 0 Å². The summed E-state index contributed by atoms with van der Waals surface area (Å²) in [5.41, 5.74) is 0.679. The highest BCUT2D eigenvalue weighted by Crippen LogP contribution is 2.26. The van der Waals surface area contributed by atoms with Crippen molar-refractivity contribution < 1.29 is 19.1 Å². The number of hydrogen-bond acceptors (Lipinski definition) is 4. The standard InChI is InChI=1S/C33H43N3O4/c1-5-6-7-8-9-15-22-36(29(37)24-34-32(39)40-33(2,3)4)30(26-17-11-10-12-18-26)31(38)35-28-21-20-25-16-13-14-19-27(25)23-28/h10-14,16-21,23,30H,5-9,15,22,24H2,1-4H3,(H,34,39)(H,35,38). The minimum Gasteiger partial charge on any atom is -0.444 e. The van der Waals surface area contributed by atoms with Crippen LogP contribution in [0.4, 0.5) is 10.5 Å². The molecule has 0 fully saturated rings. The number of rotatable bonds is 13. The smallest absolute Gasteiger partial charge is 0.408 e. The predicted octanol–water partition coefficient (Wildman–Crippen LogP) is 7.23. The van der Waals surface area contributed by atoms with Gasteiger partial charge < -0.3 is 20.3 Å². The van der Waals surface area contributed by atoms with Crippen LogP contribution in [0.1, 0.15) is 77.8 Å². The number of anilines is 1. The quantitative estimate of drug-likeness (QED) is 0.222. The average molecular weight is 546 g/mol. The maximum absolute atomic E-state index is 13.9. The highest BCUT2D eigenvalue weighted by molar-refractivity contribution is 6.00. The van der Waals surface area contributed by atoms with Crippen LogP contribution in [0.15, 0.2) is 72.8 Å². The minimum atomic E-state index is -0.865. The molecule has 0 bridgehead atoms. The van der Waals surface area contributed by atoms with E-state index in [1.807, 2.05) is 72.8 Å². The second kappa shape index (κ2) is 15.1. The van der Waals surface area contributed by atoms with Gasteiger partial charge in [-0.1, -0.05) is 99.7 Å². The van der Waals surface area contributed by atoms with Gasteiger partial charge in [0.1, 0.15) is 18.2 Å². The third-order valence-corrected chi connectivity index (χ3v) is 6.55. The van der Waals surface area contributed by atoms with Gasteiger partial charge in [-0.3, -0.25) is 9.59 Å². The van der Waals surface area contributed by atoms with Gasteiger partial charge >= 0.3 is 6.09 Å². The van der Waals surface area contributed by atoms with Crippen molar-refractivity contribution in [1.29, 1.82) is 0 Å². The van der Waals surface area contributed by atoms with Crippen molar-refractivity contribution in [2.75, 3.05) is 18.4 Å². The van der Waals surface area contributed by atoms with Crippen molar-refractivity contribution in [2.45, 2.75) is 77.9 Å². The second-order valence-electron chi connectivity index (χ2n) is 11.1. The van der Waals surface area contributed by atoms with Crippen LogP contribution in [-0.2, 0) is 14.3 Å². The van der Waals surface area contributed by atoms with E-state index in [2.05, 4.69) is 17.6 Å². The van der Waals surface area contributed by atoms with E-state index in [9.17, 15) is 14.4 Å². The lowest BCUT2D eigenvalue weighted by Crippen LogP contribution is -2.47. The van der Waals surface area contributed by atoms with Gasteiger partial charge in [-0.15, -0.1) is 0 Å². The Morgan fingerprint density at radius 1 is 0.825 bits per heavy atom. The summed E-state index contributed by atoms with van der Waals surface area (Å²) in [6.45, 7) is 7.60. The Kier molecular flexibility index (Phi) is 11.5. The van der Waals surface area contributed by atoms with Gasteiger partial charge in [0.25, 0.3) is 5.91 Å². The SMILES string of the molecule is CCCCCCCCN(C(=O)CNC(=O)OC(C)(C)C)C(C(=O)Nc1ccc2ccccc2c1)c1ccccc1. The summed E-state index contributed by atoms with van der Waals surface area (Å²) in [5.74, 6) is -0.653. The molecular weight excluding hydrogens is 502 g/mol. The first-order valence-electron chi connectivity index (χ1n) is 14.3. The van der Waals surface area contributed by atoms with Crippen LogP contribution in [0.25, 0.3) is 10.8 Å². The summed E-state index contributed by atoms with van der Waals surface area (Å²) in [6, 6.07) is 22.2. The molecule has 3 aromatic rings. The third-order valence-electron chi connectivity index (χ3n) is 6.55. The molecule has 0 aromatic heterocycles. The van der Waals surface area contributed by atoms with Crippen molar-refractivity contribution in [3.05, 3.63) is 78.4 Å². The summed E-state index contributed by atoms with van der Waals surface area (Å²) in [4.78, 5) is 41.4. The molecular formula is C33H43N3O4. The maximum atomic E-state index is 13.9. The van der Waals surface area contributed by atoms with Crippen molar-refractivity contribution >= 4 is 34.4 Å². The zero-order valence-electron chi connectivity index (χ0n) is 24.2. The monoisotopic (exact) mass is 545 g/mol. The van der Waals surface area contributed by atoms with Crippen LogP contribution in [0.5, 0.6) is 0 Å². The molecule has 40 heavy (non-hydrogen) atoms. The molecule has 0 radical (unpaired) electrons. The van der Waals surface area contributed by atoms with Crippen molar-refractivity contribution in [3.63, 3.8) is 0 Å². The van der Waals surface area contributed by atoms with Crippen LogP contribution in [0.3, 0.4) is 0 Å². The predicted molar refractivity (Wildman–Crippen MR) is 161 cm³/mol. The number of nitrogens with zero attached hydrogens (tertiary/aromatic N) is 1. The summed E-state index contributed by atoms with van der Waals surface area (Å²) in [5, 5.41) is 7.70. The number of hydrogen-bond donors (Lipinski definition) is 2. The number of ether oxygens (including phenoxy) is 1. The third kappa shape index (κ3) is 9.70. The van der Waals surface area contributed by atoms with Crippen LogP contribution >= 0.6 is 0 Å². The zero-order chi connectivity index (χ0) is 29.0. The normalized spacial score (nSPS) is 12.0. The number of alkyl carbamates (subject to hydrolysis) is 1. The van der Waals surface area contributed by atoms with Gasteiger partial charge in [0, 0.05) is 12.2 Å². The molecule has 0 spiro atoms. The fourth-order valence-corrected chi connectivity index (χ4v) is 4.61. The minimum absolute atomic E-state index is 0.267. The van der Waals surface area contributed by atoms with Gasteiger partial charge in [-0.25, -0.2) is 4.79 Å². The first-order valence-corrected chi connectivity index (χ1v) is 14.3. The van der Waals surface area contributed by atoms with Crippen LogP contribution in [-0.4, -0.2) is 41.5 Å². The Morgan fingerprint density at radius 2 is 1.48 bits per heavy atom. The van der Waals surface area contributed by atoms with Gasteiger partial charge in [0.05, 0.1) is 0 Å². The van der Waals surface area contributed by atoms with Crippen molar-refractivity contribution in [2.24, 2.45) is 0 Å². The summed E-state index contributed by atoms with van der Waals surface area (Å²) < 4.78 is 5.31. The molecule has 3 amide bonds. The molecule has 0 saturated carbocycles. The molecule has 0 aliphatic heterocycles. The van der Waals surface area contributed by atoms with E-state index < -0.39 is 17.7 Å². The molecule has 214 valence electrons. The first kappa shape index (κ1) is 30.7. The molecule has 0 saturated heterocycles. The topological polar surface area (TPSA) is 87.7 Å². The van der Waals surface area contributed by atoms with Gasteiger partial charge in [0.2, 0.25) is 5.91 Å². The van der Waals surface area contributed by atoms with Crippen molar-refractivity contribution in [1.82, 2.24) is 10.2 Å². The largest absolute Gasteiger partial charge is 0.444 e. The van der Waals surface area contributed by atoms with Crippen LogP contribution < -0.4 is 10.6 Å². The molecule has 1 atom stereocenters. The molecule has 7 heteroatoms. The fraction of sp³-hybridized carbons (Fsp3) is 0.424. The number of carbonyl (C=O) groups is 3. The van der Waals surface area contributed by atoms with Crippen molar-refractivity contribution in [3.8, 4) is 0 Å². The number of benzene rings is 3. The van der Waals surface area contributed by atoms with E-state index in [1.54, 1.807) is 25.7 Å². The Morgan fingerprint density at radius 3 is 2.17 bits per heavy atom. The molecule has 7 nitrogen and oxygen atoms in total. The number of amides is 3. The maximum Gasteiger partial charge on any atom is 0.408 e. The van der Waals surface area contributed by atoms with E-state index in [4.69, 9.17) is 4.74 Å². The van der Waals surface area contributed by atoms with E-state index in [0.717, 1.165) is 42.9 Å². The lowest BCUT2D eigenvalue weighted by atomic mass is 10.0. The first-order chi connectivity index (χ1) is 19.2. The lowest BCUT2D eigenvalue weighted by Gasteiger charge is -2.32. The summed E-state index contributed by atoms with van der Waals surface area (Å²) in [6.07, 6.45) is 5.61. The molecule has 0 heterocycles. The zero-order valence-corrected chi connectivity index (χ0v) is 24.2. The number of nitrogens with one attached hydrogen (secondary N) is 2. The van der Waals surface area contributed by atoms with Gasteiger partial charge in [0.15, 0.2) is 0 Å². The molecule has 3 rings (SSSR count). The average Bonchev–Trinajstić information content (AvgIpc) is 2.92. The van der Waals surface area contributed by atoms with E-state index >= 15 is 0 Å². The summed E-state index contributed by atoms with van der Waals surface area (Å²) >= 11 is 0. The summed E-state index contributed by atoms with van der Waals surface area (Å²) in [7, 11) is 0. The number of fused-ring (bicyclic) bond motifs is 1. The molecule has 1 unspecified atom stereocenters. The highest BCUT2D eigenvalue weighted by atomic mass is 16.6. The highest BCUT2D eigenvalue weighted by Gasteiger charge is 2.31. The van der Waals surface area contributed by atoms with E-state index in [1.165, 1.54) is 6.42 Å². The molecule has 0 aliphatic rings. The second-order valence-corrected chi connectivity index (χ2v) is 11.1. The Labute approximate surface area is 238 Å². The van der Waals surface area contributed by atoms with E-state index in [-0.39, 0.29) is 18.4 Å². The van der Waals surface area contributed by atoms with Crippen LogP contribution in [0, 0.1) is 0 Å². The van der Waals surface area contributed by atoms with E-state index in [0.29, 0.717) is 17.8 Å². The molecule has 2 N–H and O–H groups in total. The fourth-order valence-electron chi connectivity index (χ4n) is 4.61. The lowest BCUT2D eigenvalue weighted by molar-refractivity contribution is -0.138. The number of carbonyl (C=O) groups excluding carboxylic acids is 3. The molecule has 3 aromatic carbocycles.